The molecule has 0 saturated heterocycles. The second kappa shape index (κ2) is 3.48. The summed E-state index contributed by atoms with van der Waals surface area (Å²) < 4.78 is 5.58. The number of hydrogen-bond donors (Lipinski definition) is 1. The smallest absolute Gasteiger partial charge is 0.264 e. The minimum absolute atomic E-state index is 0.197. The molecule has 0 bridgehead atoms. The lowest BCUT2D eigenvalue weighted by molar-refractivity contribution is 0.358. The predicted octanol–water partition coefficient (Wildman–Crippen LogP) is 1.37. The van der Waals surface area contributed by atoms with Gasteiger partial charge in [0.05, 0.1) is 12.3 Å². The molecular formula is C12H10N2O2. The number of aromatic amines is 1. The molecule has 0 amide bonds. The molecule has 4 heteroatoms. The zero-order valence-electron chi connectivity index (χ0n) is 8.56. The van der Waals surface area contributed by atoms with Crippen LogP contribution in [0.15, 0.2) is 35.1 Å². The fraction of sp³-hybridized carbons (Fsp3) is 0.167. The topological polar surface area (TPSA) is 55.0 Å². The van der Waals surface area contributed by atoms with Crippen molar-refractivity contribution < 1.29 is 4.74 Å². The molecule has 1 aliphatic rings. The van der Waals surface area contributed by atoms with Gasteiger partial charge in [-0.2, -0.15) is 5.10 Å². The van der Waals surface area contributed by atoms with E-state index in [9.17, 15) is 4.79 Å². The maximum absolute atomic E-state index is 10.9. The first-order valence-corrected chi connectivity index (χ1v) is 5.15. The number of nitrogens with one attached hydrogen (secondary N) is 1. The van der Waals surface area contributed by atoms with Crippen LogP contribution >= 0.6 is 0 Å². The fourth-order valence-corrected chi connectivity index (χ4v) is 1.91. The van der Waals surface area contributed by atoms with Gasteiger partial charge in [-0.15, -0.1) is 0 Å². The molecule has 0 spiro atoms. The third-order valence-corrected chi connectivity index (χ3v) is 2.67. The largest absolute Gasteiger partial charge is 0.492 e. The highest BCUT2D eigenvalue weighted by atomic mass is 16.5. The average Bonchev–Trinajstić information content (AvgIpc) is 2.78. The van der Waals surface area contributed by atoms with E-state index in [0.29, 0.717) is 0 Å². The van der Waals surface area contributed by atoms with Crippen LogP contribution in [-0.2, 0) is 6.42 Å². The van der Waals surface area contributed by atoms with Crippen molar-refractivity contribution >= 4 is 0 Å². The Balaban J connectivity index is 2.17. The van der Waals surface area contributed by atoms with Crippen molar-refractivity contribution in [2.24, 2.45) is 0 Å². The molecule has 0 unspecified atom stereocenters. The maximum atomic E-state index is 10.9. The van der Waals surface area contributed by atoms with Crippen LogP contribution in [0.5, 0.6) is 5.75 Å². The van der Waals surface area contributed by atoms with Crippen molar-refractivity contribution in [1.29, 1.82) is 0 Å². The van der Waals surface area contributed by atoms with Crippen molar-refractivity contribution in [3.8, 4) is 17.0 Å². The summed E-state index contributed by atoms with van der Waals surface area (Å²) in [6.07, 6.45) is 0.937. The molecule has 1 N–H and O–H groups in total. The predicted molar refractivity (Wildman–Crippen MR) is 59.5 cm³/mol. The second-order valence-electron chi connectivity index (χ2n) is 3.70. The molecule has 1 aromatic heterocycles. The number of ether oxygens (including phenoxy) is 1. The average molecular weight is 214 g/mol. The van der Waals surface area contributed by atoms with Crippen LogP contribution < -0.4 is 10.3 Å². The minimum atomic E-state index is -0.197. The molecule has 0 fully saturated rings. The van der Waals surface area contributed by atoms with Gasteiger partial charge in [0.2, 0.25) is 0 Å². The third kappa shape index (κ3) is 1.39. The van der Waals surface area contributed by atoms with Crippen molar-refractivity contribution in [3.05, 3.63) is 46.2 Å². The van der Waals surface area contributed by atoms with Crippen molar-refractivity contribution in [1.82, 2.24) is 10.2 Å². The van der Waals surface area contributed by atoms with Crippen molar-refractivity contribution in [2.45, 2.75) is 6.42 Å². The van der Waals surface area contributed by atoms with Crippen molar-refractivity contribution in [3.63, 3.8) is 0 Å². The van der Waals surface area contributed by atoms with E-state index < -0.39 is 0 Å². The highest BCUT2D eigenvalue weighted by molar-refractivity contribution is 5.69. The Bertz CT molecular complexity index is 569. The van der Waals surface area contributed by atoms with E-state index in [0.717, 1.165) is 30.0 Å². The van der Waals surface area contributed by atoms with Gasteiger partial charge in [-0.05, 0) is 17.7 Å². The van der Waals surface area contributed by atoms with E-state index in [2.05, 4.69) is 16.3 Å². The summed E-state index contributed by atoms with van der Waals surface area (Å²) in [4.78, 5) is 10.9. The highest BCUT2D eigenvalue weighted by Gasteiger charge is 2.17. The summed E-state index contributed by atoms with van der Waals surface area (Å²) >= 11 is 0. The summed E-state index contributed by atoms with van der Waals surface area (Å²) in [7, 11) is 0. The maximum Gasteiger partial charge on any atom is 0.264 e. The Morgan fingerprint density at radius 2 is 2.19 bits per heavy atom. The van der Waals surface area contributed by atoms with Crippen LogP contribution in [0.1, 0.15) is 5.56 Å². The summed E-state index contributed by atoms with van der Waals surface area (Å²) in [5.41, 5.74) is 2.67. The molecule has 2 heterocycles. The third-order valence-electron chi connectivity index (χ3n) is 2.67. The Kier molecular flexibility index (Phi) is 1.99. The fourth-order valence-electron chi connectivity index (χ4n) is 1.91. The lowest BCUT2D eigenvalue weighted by atomic mass is 10.1. The quantitative estimate of drug-likeness (QED) is 0.780. The number of nitrogens with zero attached hydrogens (tertiary/aromatic N) is 1. The standard InChI is InChI=1S/C12H10N2O2/c15-11-5-4-10(13-14-11)9-3-1-2-8-6-7-16-12(8)9/h1-5H,6-7H2,(H,14,15). The van der Waals surface area contributed by atoms with Gasteiger partial charge < -0.3 is 4.74 Å². The molecule has 1 aromatic carbocycles. The first-order valence-electron chi connectivity index (χ1n) is 5.15. The summed E-state index contributed by atoms with van der Waals surface area (Å²) in [5, 5.41) is 6.44. The molecule has 3 rings (SSSR count). The van der Waals surface area contributed by atoms with Crippen LogP contribution in [0.25, 0.3) is 11.3 Å². The Hall–Kier alpha value is -2.10. The normalized spacial score (nSPS) is 13.2. The Labute approximate surface area is 91.9 Å². The lowest BCUT2D eigenvalue weighted by Gasteiger charge is -2.06. The number of benzene rings is 1. The number of rotatable bonds is 1. The van der Waals surface area contributed by atoms with Crippen LogP contribution in [0.4, 0.5) is 0 Å². The van der Waals surface area contributed by atoms with Crippen LogP contribution in [-0.4, -0.2) is 16.8 Å². The SMILES string of the molecule is O=c1ccc(-c2cccc3c2OCC3)n[nH]1. The molecule has 80 valence electrons. The number of H-pyrrole nitrogens is 1. The van der Waals surface area contributed by atoms with Gasteiger partial charge in [0, 0.05) is 18.1 Å². The lowest BCUT2D eigenvalue weighted by Crippen LogP contribution is -2.05. The molecule has 4 nitrogen and oxygen atoms in total. The van der Waals surface area contributed by atoms with Crippen LogP contribution in [0.3, 0.4) is 0 Å². The van der Waals surface area contributed by atoms with E-state index >= 15 is 0 Å². The van der Waals surface area contributed by atoms with Gasteiger partial charge in [-0.25, -0.2) is 5.10 Å². The monoisotopic (exact) mass is 214 g/mol. The van der Waals surface area contributed by atoms with Gasteiger partial charge in [0.15, 0.2) is 0 Å². The summed E-state index contributed by atoms with van der Waals surface area (Å²) in [6, 6.07) is 9.16. The van der Waals surface area contributed by atoms with Gasteiger partial charge >= 0.3 is 0 Å². The van der Waals surface area contributed by atoms with Gasteiger partial charge in [0.1, 0.15) is 5.75 Å². The minimum Gasteiger partial charge on any atom is -0.492 e. The molecular weight excluding hydrogens is 204 g/mol. The van der Waals surface area contributed by atoms with E-state index in [4.69, 9.17) is 4.74 Å². The van der Waals surface area contributed by atoms with Gasteiger partial charge in [0.25, 0.3) is 5.56 Å². The number of fused-ring (bicyclic) bond motifs is 1. The summed E-state index contributed by atoms with van der Waals surface area (Å²) in [5.74, 6) is 0.891. The molecule has 0 saturated carbocycles. The molecule has 2 aromatic rings. The number of para-hydroxylation sites is 1. The van der Waals surface area contributed by atoms with Crippen LogP contribution in [0, 0.1) is 0 Å². The molecule has 0 radical (unpaired) electrons. The summed E-state index contributed by atoms with van der Waals surface area (Å²) in [6.45, 7) is 0.718. The molecule has 16 heavy (non-hydrogen) atoms. The van der Waals surface area contributed by atoms with E-state index in [-0.39, 0.29) is 5.56 Å². The Morgan fingerprint density at radius 1 is 1.25 bits per heavy atom. The first-order chi connectivity index (χ1) is 7.84. The second-order valence-corrected chi connectivity index (χ2v) is 3.70. The first kappa shape index (κ1) is 9.15. The molecule has 1 aliphatic heterocycles. The molecule has 0 atom stereocenters. The zero-order chi connectivity index (χ0) is 11.0. The van der Waals surface area contributed by atoms with Crippen LogP contribution in [0.2, 0.25) is 0 Å². The van der Waals surface area contributed by atoms with E-state index in [1.165, 1.54) is 11.6 Å². The number of aromatic nitrogens is 2. The van der Waals surface area contributed by atoms with E-state index in [1.54, 1.807) is 6.07 Å². The van der Waals surface area contributed by atoms with Gasteiger partial charge in [-0.1, -0.05) is 12.1 Å². The zero-order valence-corrected chi connectivity index (χ0v) is 8.56. The Morgan fingerprint density at radius 3 is 3.00 bits per heavy atom. The van der Waals surface area contributed by atoms with Crippen molar-refractivity contribution in [2.75, 3.05) is 6.61 Å². The van der Waals surface area contributed by atoms with E-state index in [1.807, 2.05) is 12.1 Å². The highest BCUT2D eigenvalue weighted by Crippen LogP contribution is 2.35. The molecule has 0 aliphatic carbocycles. The van der Waals surface area contributed by atoms with Gasteiger partial charge in [-0.3, -0.25) is 4.79 Å². The number of hydrogen-bond acceptors (Lipinski definition) is 3.